The Morgan fingerprint density at radius 3 is 2.53 bits per heavy atom. The number of halogens is 2. The van der Waals surface area contributed by atoms with Gasteiger partial charge >= 0.3 is 0 Å². The van der Waals surface area contributed by atoms with Gasteiger partial charge < -0.3 is 10.4 Å². The Balaban J connectivity index is 1.72. The van der Waals surface area contributed by atoms with Gasteiger partial charge in [0.05, 0.1) is 0 Å². The molecule has 0 atom stereocenters. The van der Waals surface area contributed by atoms with Crippen LogP contribution in [0.3, 0.4) is 0 Å². The van der Waals surface area contributed by atoms with Gasteiger partial charge in [-0.05, 0) is 29.1 Å². The maximum atomic E-state index is 13.8. The molecular weight excluding hydrogens is 424 g/mol. The van der Waals surface area contributed by atoms with E-state index in [1.54, 1.807) is 6.20 Å². The van der Waals surface area contributed by atoms with E-state index >= 15 is 0 Å². The highest BCUT2D eigenvalue weighted by Crippen LogP contribution is 2.39. The third-order valence-electron chi connectivity index (χ3n) is 4.62. The van der Waals surface area contributed by atoms with Crippen LogP contribution in [0, 0.1) is 0 Å². The summed E-state index contributed by atoms with van der Waals surface area (Å²) in [7, 11) is 0. The first-order valence-electron chi connectivity index (χ1n) is 9.09. The lowest BCUT2D eigenvalue weighted by Crippen LogP contribution is -2.17. The Morgan fingerprint density at radius 1 is 1.10 bits per heavy atom. The number of hydrogen-bond acceptors (Lipinski definition) is 4. The molecule has 4 aromatic rings. The second kappa shape index (κ2) is 8.01. The molecule has 0 bridgehead atoms. The quantitative estimate of drug-likeness (QED) is 0.367. The summed E-state index contributed by atoms with van der Waals surface area (Å²) in [6.07, 6.45) is 1.59. The molecule has 0 unspecified atom stereocenters. The summed E-state index contributed by atoms with van der Waals surface area (Å²) < 4.78 is 28.1. The number of alkyl halides is 2. The van der Waals surface area contributed by atoms with Crippen molar-refractivity contribution in [1.82, 2.24) is 5.32 Å². The Hall–Kier alpha value is -3.03. The summed E-state index contributed by atoms with van der Waals surface area (Å²) in [6, 6.07) is 17.5. The molecule has 4 rings (SSSR count). The molecule has 2 N–H and O–H groups in total. The molecule has 3 nitrogen and oxygen atoms in total. The Morgan fingerprint density at radius 2 is 1.87 bits per heavy atom. The number of aromatic hydroxyl groups is 1. The fourth-order valence-corrected chi connectivity index (χ4v) is 4.82. The van der Waals surface area contributed by atoms with Crippen LogP contribution in [0.25, 0.3) is 15.7 Å². The number of hydrogen-bond donors (Lipinski definition) is 2. The lowest BCUT2D eigenvalue weighted by molar-refractivity contribution is 0.0176. The minimum atomic E-state index is -3.04. The van der Waals surface area contributed by atoms with Gasteiger partial charge in [-0.25, -0.2) is 8.78 Å². The minimum Gasteiger partial charge on any atom is -0.499 e. The molecule has 2 aromatic carbocycles. The highest BCUT2D eigenvalue weighted by molar-refractivity contribution is 7.21. The summed E-state index contributed by atoms with van der Waals surface area (Å²) in [5.74, 6) is -3.60. The van der Waals surface area contributed by atoms with Gasteiger partial charge in [-0.2, -0.15) is 0 Å². The van der Waals surface area contributed by atoms with Gasteiger partial charge in [-0.15, -0.1) is 11.3 Å². The Bertz CT molecular complexity index is 1220. The van der Waals surface area contributed by atoms with Gasteiger partial charge in [-0.3, -0.25) is 4.79 Å². The van der Waals surface area contributed by atoms with E-state index < -0.39 is 11.8 Å². The zero-order chi connectivity index (χ0) is 21.3. The van der Waals surface area contributed by atoms with Crippen LogP contribution in [0.5, 0.6) is 5.06 Å². The van der Waals surface area contributed by atoms with Gasteiger partial charge in [0.15, 0.2) is 5.06 Å². The molecule has 0 aliphatic carbocycles. The molecule has 0 aliphatic heterocycles. The lowest BCUT2D eigenvalue weighted by atomic mass is 10.0. The van der Waals surface area contributed by atoms with Gasteiger partial charge in [0.25, 0.3) is 11.8 Å². The van der Waals surface area contributed by atoms with Crippen LogP contribution in [0.2, 0.25) is 0 Å². The van der Waals surface area contributed by atoms with Gasteiger partial charge in [0, 0.05) is 39.2 Å². The molecule has 0 aliphatic rings. The lowest BCUT2D eigenvalue weighted by Gasteiger charge is -2.11. The molecule has 7 heteroatoms. The summed E-state index contributed by atoms with van der Waals surface area (Å²) in [6.45, 7) is 0.802. The van der Waals surface area contributed by atoms with Gasteiger partial charge in [-0.1, -0.05) is 53.8 Å². The minimum absolute atomic E-state index is 0.00376. The average molecular weight is 442 g/mol. The predicted octanol–water partition coefficient (Wildman–Crippen LogP) is 6.60. The third-order valence-corrected chi connectivity index (χ3v) is 6.50. The summed E-state index contributed by atoms with van der Waals surface area (Å²) in [5.41, 5.74) is 1.53. The van der Waals surface area contributed by atoms with E-state index in [4.69, 9.17) is 0 Å². The van der Waals surface area contributed by atoms with Crippen molar-refractivity contribution in [1.29, 1.82) is 0 Å². The van der Waals surface area contributed by atoms with E-state index in [1.165, 1.54) is 29.5 Å². The zero-order valence-electron chi connectivity index (χ0n) is 15.9. The number of carbonyl (C=O) groups excluding carboxylic acids is 1. The summed E-state index contributed by atoms with van der Waals surface area (Å²) in [5, 5.41) is 15.1. The van der Waals surface area contributed by atoms with Crippen molar-refractivity contribution < 1.29 is 18.7 Å². The van der Waals surface area contributed by atoms with Crippen LogP contribution in [0.15, 0.2) is 72.2 Å². The van der Waals surface area contributed by atoms with Crippen LogP contribution < -0.4 is 5.32 Å². The third kappa shape index (κ3) is 3.99. The molecule has 152 valence electrons. The fourth-order valence-electron chi connectivity index (χ4n) is 3.13. The Labute approximate surface area is 179 Å². The standard InChI is InChI=1S/C23H17F2NO2S2/c1-23(24,25)15-9-10-19-16(12-15)20(22(28)30-19)21(27)26-13-17(18-8-5-11-29-18)14-6-3-2-4-7-14/h2-13,28H,1H3,(H,26,27)/b17-13-. The summed E-state index contributed by atoms with van der Waals surface area (Å²) >= 11 is 2.52. The van der Waals surface area contributed by atoms with Crippen LogP contribution in [-0.4, -0.2) is 11.0 Å². The van der Waals surface area contributed by atoms with E-state index in [0.717, 1.165) is 34.3 Å². The SMILES string of the molecule is CC(F)(F)c1ccc2sc(O)c(C(=O)N/C=C(/c3ccccc3)c3cccs3)c2c1. The first-order valence-corrected chi connectivity index (χ1v) is 10.8. The van der Waals surface area contributed by atoms with Crippen molar-refractivity contribution in [2.75, 3.05) is 0 Å². The van der Waals surface area contributed by atoms with E-state index in [9.17, 15) is 18.7 Å². The molecule has 2 heterocycles. The Kier molecular flexibility index (Phi) is 5.40. The predicted molar refractivity (Wildman–Crippen MR) is 118 cm³/mol. The highest BCUT2D eigenvalue weighted by Gasteiger charge is 2.27. The number of thiophene rings is 2. The fraction of sp³-hybridized carbons (Fsp3) is 0.0870. The van der Waals surface area contributed by atoms with Crippen LogP contribution in [0.1, 0.15) is 33.3 Å². The first-order chi connectivity index (χ1) is 14.3. The van der Waals surface area contributed by atoms with E-state index in [0.29, 0.717) is 10.1 Å². The van der Waals surface area contributed by atoms with Crippen molar-refractivity contribution in [2.24, 2.45) is 0 Å². The molecule has 0 saturated heterocycles. The second-order valence-electron chi connectivity index (χ2n) is 6.76. The monoisotopic (exact) mass is 441 g/mol. The number of nitrogens with one attached hydrogen (secondary N) is 1. The maximum Gasteiger partial charge on any atom is 0.270 e. The molecule has 0 saturated carbocycles. The number of benzene rings is 2. The van der Waals surface area contributed by atoms with Crippen LogP contribution in [-0.2, 0) is 5.92 Å². The number of fused-ring (bicyclic) bond motifs is 1. The number of rotatable bonds is 5. The molecular formula is C23H17F2NO2S2. The van der Waals surface area contributed by atoms with E-state index in [2.05, 4.69) is 5.32 Å². The van der Waals surface area contributed by atoms with Crippen molar-refractivity contribution >= 4 is 44.2 Å². The van der Waals surface area contributed by atoms with Crippen molar-refractivity contribution in [3.63, 3.8) is 0 Å². The van der Waals surface area contributed by atoms with Crippen molar-refractivity contribution in [3.8, 4) is 5.06 Å². The number of carbonyl (C=O) groups is 1. The zero-order valence-corrected chi connectivity index (χ0v) is 17.5. The van der Waals surface area contributed by atoms with E-state index in [-0.39, 0.29) is 16.2 Å². The average Bonchev–Trinajstić information content (AvgIpc) is 3.35. The second-order valence-corrected chi connectivity index (χ2v) is 8.73. The normalized spacial score (nSPS) is 12.3. The molecule has 0 fully saturated rings. The first kappa shape index (κ1) is 20.3. The largest absolute Gasteiger partial charge is 0.499 e. The van der Waals surface area contributed by atoms with Gasteiger partial charge in [0.2, 0.25) is 0 Å². The van der Waals surface area contributed by atoms with Crippen LogP contribution >= 0.6 is 22.7 Å². The van der Waals surface area contributed by atoms with Crippen molar-refractivity contribution in [3.05, 3.63) is 93.8 Å². The molecule has 0 radical (unpaired) electrons. The smallest absolute Gasteiger partial charge is 0.270 e. The van der Waals surface area contributed by atoms with Gasteiger partial charge in [0.1, 0.15) is 5.56 Å². The molecule has 0 spiro atoms. The molecule has 30 heavy (non-hydrogen) atoms. The van der Waals surface area contributed by atoms with Crippen molar-refractivity contribution in [2.45, 2.75) is 12.8 Å². The topological polar surface area (TPSA) is 49.3 Å². The van der Waals surface area contributed by atoms with E-state index in [1.807, 2.05) is 47.8 Å². The number of amides is 1. The summed E-state index contributed by atoms with van der Waals surface area (Å²) in [4.78, 5) is 13.9. The van der Waals surface area contributed by atoms with Crippen LogP contribution in [0.4, 0.5) is 8.78 Å². The molecule has 1 amide bonds. The molecule has 2 aromatic heterocycles. The highest BCUT2D eigenvalue weighted by atomic mass is 32.1. The maximum absolute atomic E-state index is 13.8.